The maximum Gasteiger partial charge on any atom is 0.410 e. The van der Waals surface area contributed by atoms with Crippen molar-refractivity contribution in [1.82, 2.24) is 9.88 Å². The van der Waals surface area contributed by atoms with E-state index in [1.807, 2.05) is 53.7 Å². The Kier molecular flexibility index (Phi) is 11.1. The van der Waals surface area contributed by atoms with Crippen LogP contribution in [0.15, 0.2) is 22.7 Å². The van der Waals surface area contributed by atoms with E-state index >= 15 is 0 Å². The van der Waals surface area contributed by atoms with Gasteiger partial charge in [0.2, 0.25) is 0 Å². The molecule has 9 heteroatoms. The van der Waals surface area contributed by atoms with Gasteiger partial charge in [-0.15, -0.1) is 0 Å². The van der Waals surface area contributed by atoms with Crippen LogP contribution in [-0.4, -0.2) is 62.4 Å². The number of pyridine rings is 1. The minimum atomic E-state index is -1.30. The van der Waals surface area contributed by atoms with Gasteiger partial charge in [-0.05, 0) is 91.7 Å². The summed E-state index contributed by atoms with van der Waals surface area (Å²) >= 11 is 4.90. The monoisotopic (exact) mass is 513 g/mol. The third-order valence-corrected chi connectivity index (χ3v) is 7.08. The van der Waals surface area contributed by atoms with Crippen molar-refractivity contribution < 1.29 is 18.8 Å². The molecule has 0 N–H and O–H groups in total. The summed E-state index contributed by atoms with van der Waals surface area (Å²) in [6, 6.07) is 3.83. The standard InChI is InChI=1S/C25H40ClN3O4S/c1-24(2,3)33-23(30)29-16-14-21(18-29)32-17-8-7-11-20(28-34(31)25(4,5)6)13-12-19-10-9-15-27-22(19)26/h9-10,15,21H,7-8,11-14,16-18H2,1-6H3/t21-,34?/m1/s1. The zero-order valence-electron chi connectivity index (χ0n) is 21.4. The highest BCUT2D eigenvalue weighted by Gasteiger charge is 2.30. The van der Waals surface area contributed by atoms with Crippen LogP contribution in [0, 0.1) is 0 Å². The lowest BCUT2D eigenvalue weighted by Crippen LogP contribution is -2.36. The number of hydrogen-bond acceptors (Lipinski definition) is 6. The van der Waals surface area contributed by atoms with Crippen molar-refractivity contribution in [2.45, 2.75) is 96.5 Å². The van der Waals surface area contributed by atoms with Crippen LogP contribution in [0.1, 0.15) is 79.2 Å². The van der Waals surface area contributed by atoms with Crippen LogP contribution in [0.2, 0.25) is 5.15 Å². The molecule has 0 radical (unpaired) electrons. The molecule has 192 valence electrons. The molecule has 1 fully saturated rings. The summed E-state index contributed by atoms with van der Waals surface area (Å²) < 4.78 is 28.2. The number of carbonyl (C=O) groups is 1. The molecule has 1 aliphatic rings. The van der Waals surface area contributed by atoms with Gasteiger partial charge in [-0.25, -0.2) is 9.78 Å². The first-order valence-corrected chi connectivity index (χ1v) is 13.5. The number of aryl methyl sites for hydroxylation is 1. The van der Waals surface area contributed by atoms with Crippen molar-refractivity contribution in [1.29, 1.82) is 0 Å². The van der Waals surface area contributed by atoms with E-state index in [1.54, 1.807) is 11.1 Å². The number of unbranched alkanes of at least 4 members (excludes halogenated alkanes) is 1. The number of aromatic nitrogens is 1. The molecule has 1 saturated heterocycles. The molecule has 0 saturated carbocycles. The van der Waals surface area contributed by atoms with Gasteiger partial charge >= 0.3 is 6.09 Å². The molecule has 1 amide bonds. The summed E-state index contributed by atoms with van der Waals surface area (Å²) in [6.07, 6.45) is 6.20. The summed E-state index contributed by atoms with van der Waals surface area (Å²) in [5.41, 5.74) is 1.41. The van der Waals surface area contributed by atoms with E-state index < -0.39 is 21.7 Å². The topological polar surface area (TPSA) is 87.1 Å². The van der Waals surface area contributed by atoms with Crippen LogP contribution < -0.4 is 0 Å². The second-order valence-corrected chi connectivity index (χ2v) is 12.9. The van der Waals surface area contributed by atoms with E-state index in [4.69, 9.17) is 21.1 Å². The van der Waals surface area contributed by atoms with E-state index in [0.717, 1.165) is 37.0 Å². The van der Waals surface area contributed by atoms with Crippen molar-refractivity contribution >= 4 is 34.8 Å². The van der Waals surface area contributed by atoms with Crippen LogP contribution in [0.25, 0.3) is 0 Å². The van der Waals surface area contributed by atoms with Crippen LogP contribution in [0.3, 0.4) is 0 Å². The van der Waals surface area contributed by atoms with Gasteiger partial charge in [-0.3, -0.25) is 0 Å². The van der Waals surface area contributed by atoms with Crippen molar-refractivity contribution in [3.8, 4) is 0 Å². The Balaban J connectivity index is 1.78. The number of ether oxygens (including phenoxy) is 2. The molecule has 34 heavy (non-hydrogen) atoms. The molecule has 2 heterocycles. The molecule has 0 spiro atoms. The highest BCUT2D eigenvalue weighted by atomic mass is 35.5. The first-order chi connectivity index (χ1) is 15.8. The Morgan fingerprint density at radius 1 is 1.26 bits per heavy atom. The molecular formula is C25H40ClN3O4S. The number of likely N-dealkylation sites (tertiary alicyclic amines) is 1. The Bertz CT molecular complexity index is 823. The molecule has 0 aromatic carbocycles. The van der Waals surface area contributed by atoms with Crippen LogP contribution in [-0.2, 0) is 27.3 Å². The molecule has 1 aromatic rings. The van der Waals surface area contributed by atoms with Gasteiger partial charge in [0.25, 0.3) is 0 Å². The van der Waals surface area contributed by atoms with Gasteiger partial charge in [0, 0.05) is 19.3 Å². The average molecular weight is 514 g/mol. The number of nitrogens with zero attached hydrogens (tertiary/aromatic N) is 3. The maximum absolute atomic E-state index is 12.6. The molecule has 2 atom stereocenters. The fourth-order valence-corrected chi connectivity index (χ4v) is 4.30. The number of hydrogen-bond donors (Lipinski definition) is 0. The zero-order valence-corrected chi connectivity index (χ0v) is 23.0. The maximum atomic E-state index is 12.6. The Morgan fingerprint density at radius 2 is 2.00 bits per heavy atom. The third kappa shape index (κ3) is 10.5. The largest absolute Gasteiger partial charge is 0.591 e. The molecular weight excluding hydrogens is 474 g/mol. The lowest BCUT2D eigenvalue weighted by Gasteiger charge is -2.24. The Labute approximate surface area is 213 Å². The summed E-state index contributed by atoms with van der Waals surface area (Å²) in [4.78, 5) is 18.0. The third-order valence-electron chi connectivity index (χ3n) is 5.27. The first-order valence-electron chi connectivity index (χ1n) is 12.0. The lowest BCUT2D eigenvalue weighted by molar-refractivity contribution is 0.0207. The highest BCUT2D eigenvalue weighted by molar-refractivity contribution is 7.91. The molecule has 1 aromatic heterocycles. The number of carbonyl (C=O) groups excluding carboxylic acids is 1. The zero-order chi connectivity index (χ0) is 25.4. The van der Waals surface area contributed by atoms with Crippen molar-refractivity contribution in [3.05, 3.63) is 29.0 Å². The van der Waals surface area contributed by atoms with Crippen molar-refractivity contribution in [2.24, 2.45) is 4.40 Å². The number of rotatable bonds is 10. The van der Waals surface area contributed by atoms with Gasteiger partial charge in [-0.2, -0.15) is 0 Å². The summed E-state index contributed by atoms with van der Waals surface area (Å²) in [7, 11) is 0. The predicted molar refractivity (Wildman–Crippen MR) is 139 cm³/mol. The van der Waals surface area contributed by atoms with E-state index in [1.165, 1.54) is 0 Å². The first kappa shape index (κ1) is 28.9. The molecule has 0 bridgehead atoms. The Morgan fingerprint density at radius 3 is 2.65 bits per heavy atom. The summed E-state index contributed by atoms with van der Waals surface area (Å²) in [6.45, 7) is 13.2. The highest BCUT2D eigenvalue weighted by Crippen LogP contribution is 2.21. The summed E-state index contributed by atoms with van der Waals surface area (Å²) in [5, 5.41) is 0.504. The van der Waals surface area contributed by atoms with Gasteiger partial charge in [0.15, 0.2) is 0 Å². The van der Waals surface area contributed by atoms with Crippen molar-refractivity contribution in [3.63, 3.8) is 0 Å². The molecule has 1 aliphatic heterocycles. The summed E-state index contributed by atoms with van der Waals surface area (Å²) in [5.74, 6) is 0. The van der Waals surface area contributed by atoms with E-state index in [2.05, 4.69) is 9.38 Å². The number of halogens is 1. The minimum Gasteiger partial charge on any atom is -0.591 e. The van der Waals surface area contributed by atoms with Gasteiger partial charge in [0.05, 0.1) is 18.4 Å². The minimum absolute atomic E-state index is 0.0433. The number of amides is 1. The van der Waals surface area contributed by atoms with E-state index in [0.29, 0.717) is 37.7 Å². The second-order valence-electron chi connectivity index (χ2n) is 10.6. The van der Waals surface area contributed by atoms with Crippen LogP contribution in [0.5, 0.6) is 0 Å². The van der Waals surface area contributed by atoms with E-state index in [-0.39, 0.29) is 12.2 Å². The second kappa shape index (κ2) is 13.1. The molecule has 0 aliphatic carbocycles. The van der Waals surface area contributed by atoms with Crippen molar-refractivity contribution in [2.75, 3.05) is 19.7 Å². The Hall–Kier alpha value is -1.35. The molecule has 2 rings (SSSR count). The van der Waals surface area contributed by atoms with Crippen LogP contribution >= 0.6 is 11.6 Å². The fourth-order valence-electron chi connectivity index (χ4n) is 3.39. The van der Waals surface area contributed by atoms with E-state index in [9.17, 15) is 9.35 Å². The lowest BCUT2D eigenvalue weighted by atomic mass is 10.0. The predicted octanol–water partition coefficient (Wildman–Crippen LogP) is 5.77. The van der Waals surface area contributed by atoms with Gasteiger partial charge in [0.1, 0.15) is 26.9 Å². The van der Waals surface area contributed by atoms with Gasteiger partial charge < -0.3 is 18.9 Å². The van der Waals surface area contributed by atoms with Gasteiger partial charge in [-0.1, -0.05) is 22.1 Å². The molecule has 1 unspecified atom stereocenters. The quantitative estimate of drug-likeness (QED) is 0.171. The SMILES string of the molecule is CC(C)(C)OC(=O)N1CC[C@@H](OCCCCC(CCc2cccnc2Cl)=N[S+]([O-])C(C)(C)C)C1. The fraction of sp³-hybridized carbons (Fsp3) is 0.720. The normalized spacial score (nSPS) is 18.3. The van der Waals surface area contributed by atoms with Crippen LogP contribution in [0.4, 0.5) is 4.79 Å². The molecule has 7 nitrogen and oxygen atoms in total. The smallest absolute Gasteiger partial charge is 0.410 e. The average Bonchev–Trinajstić information content (AvgIpc) is 3.19.